The van der Waals surface area contributed by atoms with E-state index in [1.807, 2.05) is 0 Å². The summed E-state index contributed by atoms with van der Waals surface area (Å²) in [7, 11) is 1.54. The van der Waals surface area contributed by atoms with Crippen LogP contribution in [-0.4, -0.2) is 22.9 Å². The highest BCUT2D eigenvalue weighted by atomic mass is 16.6. The number of nitro benzene ring substituents is 2. The fourth-order valence-electron chi connectivity index (χ4n) is 2.45. The predicted octanol–water partition coefficient (Wildman–Crippen LogP) is 3.31. The maximum Gasteiger partial charge on any atom is 0.279 e. The first-order chi connectivity index (χ1) is 12.2. The molecule has 2 aromatic rings. The van der Waals surface area contributed by atoms with Gasteiger partial charge in [-0.05, 0) is 31.5 Å². The summed E-state index contributed by atoms with van der Waals surface area (Å²) in [6, 6.07) is 8.68. The van der Waals surface area contributed by atoms with Crippen LogP contribution in [0.3, 0.4) is 0 Å². The van der Waals surface area contributed by atoms with E-state index in [9.17, 15) is 25.0 Å². The molecular weight excluding hydrogens is 342 g/mol. The number of nitro groups is 2. The molecule has 0 aliphatic carbocycles. The highest BCUT2D eigenvalue weighted by Gasteiger charge is 2.25. The van der Waals surface area contributed by atoms with Crippen molar-refractivity contribution in [2.75, 3.05) is 7.11 Å². The number of ether oxygens (including phenoxy) is 1. The Kier molecular flexibility index (Phi) is 5.51. The first kappa shape index (κ1) is 18.8. The number of benzene rings is 2. The van der Waals surface area contributed by atoms with Gasteiger partial charge in [0.2, 0.25) is 0 Å². The number of amides is 1. The highest BCUT2D eigenvalue weighted by molar-refractivity contribution is 5.96. The molecule has 136 valence electrons. The minimum absolute atomic E-state index is 0.0975. The van der Waals surface area contributed by atoms with E-state index in [2.05, 4.69) is 5.32 Å². The van der Waals surface area contributed by atoms with Crippen molar-refractivity contribution in [1.29, 1.82) is 0 Å². The van der Waals surface area contributed by atoms with Gasteiger partial charge in [0.1, 0.15) is 11.3 Å². The van der Waals surface area contributed by atoms with E-state index in [-0.39, 0.29) is 11.1 Å². The number of rotatable bonds is 6. The Bertz CT molecular complexity index is 828. The Balaban J connectivity index is 2.30. The van der Waals surface area contributed by atoms with Crippen LogP contribution < -0.4 is 10.1 Å². The molecule has 0 saturated heterocycles. The van der Waals surface area contributed by atoms with Crippen molar-refractivity contribution in [1.82, 2.24) is 5.32 Å². The van der Waals surface area contributed by atoms with Gasteiger partial charge in [-0.2, -0.15) is 0 Å². The summed E-state index contributed by atoms with van der Waals surface area (Å²) >= 11 is 0. The third-order valence-corrected chi connectivity index (χ3v) is 3.97. The Labute approximate surface area is 148 Å². The van der Waals surface area contributed by atoms with Gasteiger partial charge in [-0.1, -0.05) is 12.1 Å². The van der Waals surface area contributed by atoms with Crippen molar-refractivity contribution in [2.24, 2.45) is 0 Å². The van der Waals surface area contributed by atoms with Gasteiger partial charge in [-0.3, -0.25) is 25.0 Å². The molecule has 9 heteroatoms. The van der Waals surface area contributed by atoms with Gasteiger partial charge in [-0.25, -0.2) is 0 Å². The number of carbonyl (C=O) groups excluding carboxylic acids is 1. The minimum Gasteiger partial charge on any atom is -0.497 e. The van der Waals surface area contributed by atoms with E-state index in [1.165, 1.54) is 14.0 Å². The molecule has 0 radical (unpaired) electrons. The average Bonchev–Trinajstić information content (AvgIpc) is 2.61. The average molecular weight is 359 g/mol. The lowest BCUT2D eigenvalue weighted by Gasteiger charge is -2.15. The standard InChI is InChI=1S/C17H17N3O6/c1-10-15(19(22)23)8-13(9-16(10)20(24)25)17(21)18-11(2)12-4-6-14(26-3)7-5-12/h4-9,11H,1-3H3,(H,18,21)/t11-/m1/s1. The Morgan fingerprint density at radius 1 is 1.08 bits per heavy atom. The van der Waals surface area contributed by atoms with Crippen molar-refractivity contribution >= 4 is 17.3 Å². The highest BCUT2D eigenvalue weighted by Crippen LogP contribution is 2.29. The molecule has 0 aliphatic rings. The second kappa shape index (κ2) is 7.60. The van der Waals surface area contributed by atoms with Gasteiger partial charge in [0.15, 0.2) is 0 Å². The van der Waals surface area contributed by atoms with Crippen molar-refractivity contribution in [2.45, 2.75) is 19.9 Å². The summed E-state index contributed by atoms with van der Waals surface area (Å²) in [6.45, 7) is 3.01. The quantitative estimate of drug-likeness (QED) is 0.623. The van der Waals surface area contributed by atoms with Crippen LogP contribution in [0.4, 0.5) is 11.4 Å². The van der Waals surface area contributed by atoms with Crippen LogP contribution in [-0.2, 0) is 0 Å². The lowest BCUT2D eigenvalue weighted by Crippen LogP contribution is -2.26. The molecule has 26 heavy (non-hydrogen) atoms. The Morgan fingerprint density at radius 2 is 1.58 bits per heavy atom. The molecule has 1 amide bonds. The first-order valence-corrected chi connectivity index (χ1v) is 7.62. The number of nitrogens with one attached hydrogen (secondary N) is 1. The molecule has 0 saturated carbocycles. The number of hydrogen-bond donors (Lipinski definition) is 1. The summed E-state index contributed by atoms with van der Waals surface area (Å²) < 4.78 is 5.07. The second-order valence-corrected chi connectivity index (χ2v) is 5.62. The lowest BCUT2D eigenvalue weighted by atomic mass is 10.1. The number of hydrogen-bond acceptors (Lipinski definition) is 6. The van der Waals surface area contributed by atoms with E-state index in [4.69, 9.17) is 4.74 Å². The fraction of sp³-hybridized carbons (Fsp3) is 0.235. The van der Waals surface area contributed by atoms with Gasteiger partial charge in [0.05, 0.1) is 28.6 Å². The maximum absolute atomic E-state index is 12.4. The van der Waals surface area contributed by atoms with Crippen LogP contribution in [0.15, 0.2) is 36.4 Å². The molecule has 1 N–H and O–H groups in total. The molecule has 9 nitrogen and oxygen atoms in total. The zero-order valence-corrected chi connectivity index (χ0v) is 14.4. The summed E-state index contributed by atoms with van der Waals surface area (Å²) in [4.78, 5) is 33.2. The SMILES string of the molecule is COc1ccc([C@@H](C)NC(=O)c2cc([N+](=O)[O-])c(C)c([N+](=O)[O-])c2)cc1. The smallest absolute Gasteiger partial charge is 0.279 e. The Morgan fingerprint density at radius 3 is 2.00 bits per heavy atom. The summed E-state index contributed by atoms with van der Waals surface area (Å²) in [6.07, 6.45) is 0. The van der Waals surface area contributed by atoms with E-state index in [0.717, 1.165) is 17.7 Å². The zero-order chi connectivity index (χ0) is 19.4. The molecule has 0 heterocycles. The number of nitrogens with zero attached hydrogens (tertiary/aromatic N) is 2. The molecule has 0 aliphatic heterocycles. The van der Waals surface area contributed by atoms with Crippen LogP contribution in [0, 0.1) is 27.2 Å². The predicted molar refractivity (Wildman–Crippen MR) is 93.4 cm³/mol. The van der Waals surface area contributed by atoms with E-state index in [1.54, 1.807) is 31.2 Å². The molecule has 0 spiro atoms. The van der Waals surface area contributed by atoms with Crippen LogP contribution in [0.2, 0.25) is 0 Å². The van der Waals surface area contributed by atoms with Crippen LogP contribution in [0.1, 0.15) is 34.5 Å². The van der Waals surface area contributed by atoms with Crippen LogP contribution in [0.25, 0.3) is 0 Å². The van der Waals surface area contributed by atoms with Crippen LogP contribution in [0.5, 0.6) is 5.75 Å². The molecule has 0 aromatic heterocycles. The normalized spacial score (nSPS) is 11.5. The summed E-state index contributed by atoms with van der Waals surface area (Å²) in [5.74, 6) is 0.0246. The summed E-state index contributed by atoms with van der Waals surface area (Å²) in [5.41, 5.74) is -0.396. The van der Waals surface area contributed by atoms with E-state index >= 15 is 0 Å². The molecule has 1 atom stereocenters. The maximum atomic E-state index is 12.4. The van der Waals surface area contributed by atoms with Crippen molar-refractivity contribution in [3.8, 4) is 5.75 Å². The molecule has 2 rings (SSSR count). The van der Waals surface area contributed by atoms with Gasteiger partial charge in [0, 0.05) is 12.1 Å². The van der Waals surface area contributed by atoms with Gasteiger partial charge in [-0.15, -0.1) is 0 Å². The molecule has 0 fully saturated rings. The topological polar surface area (TPSA) is 125 Å². The van der Waals surface area contributed by atoms with Gasteiger partial charge in [0.25, 0.3) is 17.3 Å². The first-order valence-electron chi connectivity index (χ1n) is 7.62. The molecule has 2 aromatic carbocycles. The summed E-state index contributed by atoms with van der Waals surface area (Å²) in [5, 5.41) is 24.9. The monoisotopic (exact) mass is 359 g/mol. The van der Waals surface area contributed by atoms with Crippen molar-refractivity contribution in [3.63, 3.8) is 0 Å². The van der Waals surface area contributed by atoms with E-state index < -0.39 is 33.2 Å². The molecular formula is C17H17N3O6. The van der Waals surface area contributed by atoms with Gasteiger partial charge < -0.3 is 10.1 Å². The largest absolute Gasteiger partial charge is 0.497 e. The Hall–Kier alpha value is -3.49. The lowest BCUT2D eigenvalue weighted by molar-refractivity contribution is -0.395. The third kappa shape index (κ3) is 3.94. The third-order valence-electron chi connectivity index (χ3n) is 3.97. The number of carbonyl (C=O) groups is 1. The van der Waals surface area contributed by atoms with Crippen LogP contribution >= 0.6 is 0 Å². The second-order valence-electron chi connectivity index (χ2n) is 5.62. The van der Waals surface area contributed by atoms with Crippen molar-refractivity contribution < 1.29 is 19.4 Å². The molecule has 0 bridgehead atoms. The number of methoxy groups -OCH3 is 1. The van der Waals surface area contributed by atoms with Crippen molar-refractivity contribution in [3.05, 3.63) is 73.3 Å². The molecule has 0 unspecified atom stereocenters. The fourth-order valence-corrected chi connectivity index (χ4v) is 2.45. The van der Waals surface area contributed by atoms with E-state index in [0.29, 0.717) is 5.75 Å². The van der Waals surface area contributed by atoms with Gasteiger partial charge >= 0.3 is 0 Å². The minimum atomic E-state index is -0.744. The zero-order valence-electron chi connectivity index (χ0n) is 14.4.